The van der Waals surface area contributed by atoms with Crippen LogP contribution >= 0.6 is 0 Å². The minimum atomic E-state index is -0.883. The van der Waals surface area contributed by atoms with Crippen LogP contribution in [0.1, 0.15) is 104 Å². The largest absolute Gasteiger partial charge is 0.494 e. The summed E-state index contributed by atoms with van der Waals surface area (Å²) in [5.74, 6) is 0.335. The highest BCUT2D eigenvalue weighted by atomic mass is 16.6. The minimum Gasteiger partial charge on any atom is -0.494 e. The van der Waals surface area contributed by atoms with Crippen LogP contribution in [0.3, 0.4) is 0 Å². The first-order valence-electron chi connectivity index (χ1n) is 10.9. The van der Waals surface area contributed by atoms with Crippen molar-refractivity contribution in [2.75, 3.05) is 6.61 Å². The Hall–Kier alpha value is -1.55. The van der Waals surface area contributed by atoms with Crippen LogP contribution in [0.25, 0.3) is 0 Å². The fourth-order valence-electron chi connectivity index (χ4n) is 3.07. The van der Waals surface area contributed by atoms with E-state index >= 15 is 0 Å². The third-order valence-electron chi connectivity index (χ3n) is 4.54. The van der Waals surface area contributed by atoms with Crippen LogP contribution in [-0.4, -0.2) is 23.3 Å². The maximum atomic E-state index is 11.9. The molecule has 1 aromatic rings. The molecule has 0 aliphatic heterocycles. The number of ether oxygens (including phenoxy) is 2. The van der Waals surface area contributed by atoms with Gasteiger partial charge >= 0.3 is 5.97 Å². The topological polar surface area (TPSA) is 55.8 Å². The summed E-state index contributed by atoms with van der Waals surface area (Å²) in [6, 6.07) is 7.35. The van der Waals surface area contributed by atoms with Gasteiger partial charge in [-0.15, -0.1) is 0 Å². The molecule has 0 amide bonds. The average Bonchev–Trinajstić information content (AvgIpc) is 2.62. The maximum absolute atomic E-state index is 11.9. The predicted octanol–water partition coefficient (Wildman–Crippen LogP) is 6.36. The predicted molar refractivity (Wildman–Crippen MR) is 115 cm³/mol. The summed E-state index contributed by atoms with van der Waals surface area (Å²) >= 11 is 0. The summed E-state index contributed by atoms with van der Waals surface area (Å²) in [5.41, 5.74) is 0.132. The first-order chi connectivity index (χ1) is 13.3. The molecule has 28 heavy (non-hydrogen) atoms. The Labute approximate surface area is 171 Å². The summed E-state index contributed by atoms with van der Waals surface area (Å²) in [4.78, 5) is 11.9. The Morgan fingerprint density at radius 2 is 1.61 bits per heavy atom. The molecule has 0 bridgehead atoms. The Bertz CT molecular complexity index is 548. The lowest BCUT2D eigenvalue weighted by Crippen LogP contribution is -2.24. The van der Waals surface area contributed by atoms with Crippen molar-refractivity contribution < 1.29 is 19.4 Å². The molecular formula is C24H40O4. The fraction of sp³-hybridized carbons (Fsp3) is 0.708. The van der Waals surface area contributed by atoms with Crippen molar-refractivity contribution in [2.24, 2.45) is 0 Å². The van der Waals surface area contributed by atoms with Crippen molar-refractivity contribution in [1.82, 2.24) is 0 Å². The molecular weight excluding hydrogens is 352 g/mol. The summed E-state index contributed by atoms with van der Waals surface area (Å²) in [7, 11) is 0. The Kier molecular flexibility index (Phi) is 11.9. The molecule has 0 unspecified atom stereocenters. The number of unbranched alkanes of at least 4 members (excludes halogenated alkanes) is 8. The molecule has 1 atom stereocenters. The molecule has 0 saturated carbocycles. The second-order valence-electron chi connectivity index (χ2n) is 8.56. The van der Waals surface area contributed by atoms with Gasteiger partial charge in [-0.05, 0) is 44.9 Å². The molecule has 0 aliphatic rings. The zero-order valence-corrected chi connectivity index (χ0v) is 18.3. The van der Waals surface area contributed by atoms with E-state index < -0.39 is 17.7 Å². The Morgan fingerprint density at radius 1 is 1.00 bits per heavy atom. The number of hydrogen-bond acceptors (Lipinski definition) is 4. The van der Waals surface area contributed by atoms with Crippen LogP contribution in [0.2, 0.25) is 0 Å². The molecule has 4 nitrogen and oxygen atoms in total. The van der Waals surface area contributed by atoms with Gasteiger partial charge in [-0.2, -0.15) is 0 Å². The summed E-state index contributed by atoms with van der Waals surface area (Å²) in [5, 5.41) is 10.3. The van der Waals surface area contributed by atoms with Crippen LogP contribution in [-0.2, 0) is 9.53 Å². The van der Waals surface area contributed by atoms with E-state index in [2.05, 4.69) is 6.92 Å². The monoisotopic (exact) mass is 392 g/mol. The second kappa shape index (κ2) is 13.6. The molecule has 160 valence electrons. The second-order valence-corrected chi connectivity index (χ2v) is 8.56. The van der Waals surface area contributed by atoms with Gasteiger partial charge in [0.2, 0.25) is 0 Å². The van der Waals surface area contributed by atoms with E-state index in [1.54, 1.807) is 6.07 Å². The summed E-state index contributed by atoms with van der Waals surface area (Å²) in [6.07, 6.45) is 10.6. The number of rotatable bonds is 14. The lowest BCUT2D eigenvalue weighted by molar-refractivity contribution is -0.157. The van der Waals surface area contributed by atoms with Gasteiger partial charge in [0.1, 0.15) is 11.4 Å². The maximum Gasteiger partial charge on any atom is 0.309 e. The summed E-state index contributed by atoms with van der Waals surface area (Å²) in [6.45, 7) is 8.38. The lowest BCUT2D eigenvalue weighted by Gasteiger charge is -2.20. The Balaban J connectivity index is 2.25. The minimum absolute atomic E-state index is 0.0566. The molecule has 0 aromatic heterocycles. The van der Waals surface area contributed by atoms with E-state index in [9.17, 15) is 9.90 Å². The highest BCUT2D eigenvalue weighted by molar-refractivity contribution is 5.70. The van der Waals surface area contributed by atoms with Crippen molar-refractivity contribution in [3.8, 4) is 5.75 Å². The number of hydrogen-bond donors (Lipinski definition) is 1. The van der Waals surface area contributed by atoms with Gasteiger partial charge < -0.3 is 14.6 Å². The van der Waals surface area contributed by atoms with Crippen molar-refractivity contribution in [3.05, 3.63) is 29.8 Å². The third kappa shape index (κ3) is 12.0. The number of aliphatic hydroxyl groups excluding tert-OH is 1. The van der Waals surface area contributed by atoms with E-state index in [1.807, 2.05) is 39.0 Å². The van der Waals surface area contributed by atoms with Crippen LogP contribution in [0, 0.1) is 0 Å². The van der Waals surface area contributed by atoms with Gasteiger partial charge in [-0.25, -0.2) is 0 Å². The fourth-order valence-corrected chi connectivity index (χ4v) is 3.07. The standard InChI is InChI=1S/C24H40O4/c1-5-6-7-8-9-10-11-12-13-17-27-21-16-14-15-20(18-21)22(25)19-23(26)28-24(2,3)4/h14-16,18,22,25H,5-13,17,19H2,1-4H3/t22-/m0/s1. The van der Waals surface area contributed by atoms with Crippen molar-refractivity contribution in [3.63, 3.8) is 0 Å². The molecule has 0 aliphatic carbocycles. The lowest BCUT2D eigenvalue weighted by atomic mass is 10.1. The van der Waals surface area contributed by atoms with Gasteiger partial charge in [0.05, 0.1) is 19.1 Å². The first kappa shape index (κ1) is 24.5. The highest BCUT2D eigenvalue weighted by Crippen LogP contribution is 2.23. The van der Waals surface area contributed by atoms with Gasteiger partial charge in [0.25, 0.3) is 0 Å². The molecule has 4 heteroatoms. The van der Waals surface area contributed by atoms with E-state index in [1.165, 1.54) is 51.4 Å². The average molecular weight is 393 g/mol. The van der Waals surface area contributed by atoms with Gasteiger partial charge in [0, 0.05) is 0 Å². The van der Waals surface area contributed by atoms with Crippen LogP contribution in [0.15, 0.2) is 24.3 Å². The van der Waals surface area contributed by atoms with Gasteiger partial charge in [-0.3, -0.25) is 4.79 Å². The molecule has 0 heterocycles. The van der Waals surface area contributed by atoms with Crippen LogP contribution in [0.4, 0.5) is 0 Å². The number of esters is 1. The molecule has 1 N–H and O–H groups in total. The normalized spacial score (nSPS) is 12.6. The molecule has 0 spiro atoms. The van der Waals surface area contributed by atoms with Crippen molar-refractivity contribution in [1.29, 1.82) is 0 Å². The van der Waals surface area contributed by atoms with E-state index in [0.29, 0.717) is 12.2 Å². The molecule has 0 saturated heterocycles. The number of benzene rings is 1. The number of carbonyl (C=O) groups is 1. The zero-order chi connectivity index (χ0) is 20.8. The van der Waals surface area contributed by atoms with Gasteiger partial charge in [0.15, 0.2) is 0 Å². The van der Waals surface area contributed by atoms with E-state index in [0.717, 1.165) is 12.2 Å². The number of aliphatic hydroxyl groups is 1. The Morgan fingerprint density at radius 3 is 2.21 bits per heavy atom. The number of carbonyl (C=O) groups excluding carboxylic acids is 1. The molecule has 0 radical (unpaired) electrons. The van der Waals surface area contributed by atoms with Gasteiger partial charge in [-0.1, -0.05) is 70.4 Å². The van der Waals surface area contributed by atoms with E-state index in [4.69, 9.17) is 9.47 Å². The van der Waals surface area contributed by atoms with Crippen molar-refractivity contribution >= 4 is 5.97 Å². The zero-order valence-electron chi connectivity index (χ0n) is 18.3. The van der Waals surface area contributed by atoms with Crippen LogP contribution < -0.4 is 4.74 Å². The highest BCUT2D eigenvalue weighted by Gasteiger charge is 2.20. The van der Waals surface area contributed by atoms with E-state index in [-0.39, 0.29) is 6.42 Å². The quantitative estimate of drug-likeness (QED) is 0.295. The molecule has 0 fully saturated rings. The molecule has 1 rings (SSSR count). The molecule has 1 aromatic carbocycles. The SMILES string of the molecule is CCCCCCCCCCCOc1cccc([C@@H](O)CC(=O)OC(C)(C)C)c1. The van der Waals surface area contributed by atoms with Crippen LogP contribution in [0.5, 0.6) is 5.75 Å². The smallest absolute Gasteiger partial charge is 0.309 e. The summed E-state index contributed by atoms with van der Waals surface area (Å²) < 4.78 is 11.1. The third-order valence-corrected chi connectivity index (χ3v) is 4.54. The first-order valence-corrected chi connectivity index (χ1v) is 10.9. The van der Waals surface area contributed by atoms with Crippen molar-refractivity contribution in [2.45, 2.75) is 104 Å².